The minimum absolute atomic E-state index is 0.171. The van der Waals surface area contributed by atoms with Crippen LogP contribution in [0.25, 0.3) is 0 Å². The van der Waals surface area contributed by atoms with Crippen molar-refractivity contribution in [3.8, 4) is 5.75 Å². The van der Waals surface area contributed by atoms with Crippen LogP contribution in [0, 0.1) is 0 Å². The molecule has 0 saturated carbocycles. The molecule has 4 amide bonds. The molecule has 2 aromatic carbocycles. The van der Waals surface area contributed by atoms with Gasteiger partial charge in [-0.15, -0.1) is 0 Å². The second-order valence-electron chi connectivity index (χ2n) is 12.4. The van der Waals surface area contributed by atoms with E-state index in [2.05, 4.69) is 0 Å². The number of ether oxygens (including phenoxy) is 2. The Kier molecular flexibility index (Phi) is 13.1. The molecule has 2 aromatic rings. The number of nitrogens with zero attached hydrogens (tertiary/aromatic N) is 4. The number of benzene rings is 2. The molecule has 0 saturated heterocycles. The van der Waals surface area contributed by atoms with Gasteiger partial charge in [-0.2, -0.15) is 0 Å². The lowest BCUT2D eigenvalue weighted by atomic mass is 10.1. The van der Waals surface area contributed by atoms with Gasteiger partial charge in [0.05, 0.1) is 12.2 Å². The molecule has 0 fully saturated rings. The molecule has 246 valence electrons. The van der Waals surface area contributed by atoms with Crippen LogP contribution in [-0.2, 0) is 9.53 Å². The highest BCUT2D eigenvalue weighted by atomic mass is 35.5. The van der Waals surface area contributed by atoms with Gasteiger partial charge in [0.15, 0.2) is 0 Å². The van der Waals surface area contributed by atoms with Crippen molar-refractivity contribution < 1.29 is 28.7 Å². The number of hydrogen-bond acceptors (Lipinski definition) is 6. The predicted octanol–water partition coefficient (Wildman–Crippen LogP) is 5.59. The molecule has 0 spiro atoms. The Labute approximate surface area is 272 Å². The van der Waals surface area contributed by atoms with Crippen LogP contribution < -0.4 is 4.74 Å². The maximum atomic E-state index is 13.8. The third kappa shape index (κ3) is 10.7. The van der Waals surface area contributed by atoms with E-state index in [1.54, 1.807) is 84.4 Å². The maximum Gasteiger partial charge on any atom is 0.410 e. The Morgan fingerprint density at radius 1 is 1.00 bits per heavy atom. The smallest absolute Gasteiger partial charge is 0.410 e. The van der Waals surface area contributed by atoms with E-state index in [-0.39, 0.29) is 23.8 Å². The minimum atomic E-state index is -0.753. The molecule has 0 bridgehead atoms. The van der Waals surface area contributed by atoms with Crippen molar-refractivity contribution in [3.63, 3.8) is 0 Å². The Bertz CT molecular complexity index is 1330. The van der Waals surface area contributed by atoms with Gasteiger partial charge in [-0.3, -0.25) is 14.4 Å². The molecule has 11 heteroatoms. The zero-order chi connectivity index (χ0) is 33.1. The molecule has 0 unspecified atom stereocenters. The summed E-state index contributed by atoms with van der Waals surface area (Å²) < 4.78 is 11.7. The zero-order valence-electron chi connectivity index (χ0n) is 27.4. The quantitative estimate of drug-likeness (QED) is 0.422. The highest BCUT2D eigenvalue weighted by molar-refractivity contribution is 6.30. The summed E-state index contributed by atoms with van der Waals surface area (Å²) in [7, 11) is 5.08. The summed E-state index contributed by atoms with van der Waals surface area (Å²) in [4.78, 5) is 59.9. The molecule has 1 atom stereocenters. The lowest BCUT2D eigenvalue weighted by molar-refractivity contribution is -0.134. The number of rotatable bonds is 5. The topological polar surface area (TPSA) is 99.7 Å². The van der Waals surface area contributed by atoms with Gasteiger partial charge in [-0.1, -0.05) is 29.8 Å². The summed E-state index contributed by atoms with van der Waals surface area (Å²) >= 11 is 6.07. The van der Waals surface area contributed by atoms with Crippen molar-refractivity contribution in [2.75, 3.05) is 53.9 Å². The zero-order valence-corrected chi connectivity index (χ0v) is 28.1. The molecule has 45 heavy (non-hydrogen) atoms. The van der Waals surface area contributed by atoms with Gasteiger partial charge in [-0.05, 0) is 83.2 Å². The average molecular weight is 643 g/mol. The second-order valence-corrected chi connectivity index (χ2v) is 12.9. The van der Waals surface area contributed by atoms with Crippen LogP contribution in [0.15, 0.2) is 48.5 Å². The van der Waals surface area contributed by atoms with Crippen molar-refractivity contribution in [2.24, 2.45) is 0 Å². The molecular weight excluding hydrogens is 596 g/mol. The first kappa shape index (κ1) is 35.7. The van der Waals surface area contributed by atoms with Crippen LogP contribution in [-0.4, -0.2) is 109 Å². The normalized spacial score (nSPS) is 17.4. The van der Waals surface area contributed by atoms with Gasteiger partial charge < -0.3 is 29.1 Å². The molecule has 1 aliphatic heterocycles. The van der Waals surface area contributed by atoms with Gasteiger partial charge >= 0.3 is 6.09 Å². The molecule has 1 heterocycles. The molecule has 0 aliphatic carbocycles. The molecule has 1 aliphatic rings. The van der Waals surface area contributed by atoms with Gasteiger partial charge in [0.2, 0.25) is 5.91 Å². The van der Waals surface area contributed by atoms with E-state index in [0.717, 1.165) is 0 Å². The Morgan fingerprint density at radius 3 is 2.40 bits per heavy atom. The second kappa shape index (κ2) is 16.5. The van der Waals surface area contributed by atoms with Gasteiger partial charge in [-0.25, -0.2) is 4.79 Å². The van der Waals surface area contributed by atoms with Gasteiger partial charge in [0.25, 0.3) is 11.8 Å². The highest BCUT2D eigenvalue weighted by Gasteiger charge is 2.31. The predicted molar refractivity (Wildman–Crippen MR) is 175 cm³/mol. The fourth-order valence-electron chi connectivity index (χ4n) is 5.12. The monoisotopic (exact) mass is 642 g/mol. The van der Waals surface area contributed by atoms with Gasteiger partial charge in [0, 0.05) is 57.9 Å². The first-order valence-corrected chi connectivity index (χ1v) is 15.9. The summed E-state index contributed by atoms with van der Waals surface area (Å²) in [5.74, 6) is -0.279. The van der Waals surface area contributed by atoms with Crippen LogP contribution in [0.5, 0.6) is 5.75 Å². The Morgan fingerprint density at radius 2 is 1.69 bits per heavy atom. The molecule has 0 aromatic heterocycles. The van der Waals surface area contributed by atoms with E-state index in [1.807, 2.05) is 20.8 Å². The molecule has 3 rings (SSSR count). The largest absolute Gasteiger partial charge is 0.493 e. The number of carbonyl (C=O) groups is 4. The molecule has 10 nitrogen and oxygen atoms in total. The minimum Gasteiger partial charge on any atom is -0.493 e. The SMILES string of the molecule is CN(CCC[C@H]1C(=O)N(C)CCCCN(C(=O)OC(C)(C)C)CCCOc2ccccc2C(=O)N1C)C(=O)c1cccc(Cl)c1. The standard InChI is InChI=1S/C34H47ClN4O6/c1-34(2,3)45-33(43)39-21-10-9-19-37(5)32(42)28(17-12-20-36(4)30(40)25-14-11-15-26(35)24-25)38(6)31(41)27-16-7-8-18-29(27)44-23-13-22-39/h7-8,11,14-16,18,24,28H,9-10,12-13,17,19-23H2,1-6H3/t28-/m0/s1. The van der Waals surface area contributed by atoms with Crippen LogP contribution in [0.3, 0.4) is 0 Å². The number of halogens is 1. The Hall–Kier alpha value is -3.79. The highest BCUT2D eigenvalue weighted by Crippen LogP contribution is 2.23. The summed E-state index contributed by atoms with van der Waals surface area (Å²) in [5, 5.41) is 0.482. The fraction of sp³-hybridized carbons (Fsp3) is 0.529. The number of para-hydroxylation sites is 1. The van der Waals surface area contributed by atoms with Crippen LogP contribution in [0.2, 0.25) is 5.02 Å². The lowest BCUT2D eigenvalue weighted by Crippen LogP contribution is -2.49. The van der Waals surface area contributed by atoms with Crippen LogP contribution in [0.1, 0.15) is 73.6 Å². The number of carbonyl (C=O) groups excluding carboxylic acids is 4. The first-order valence-electron chi connectivity index (χ1n) is 15.5. The Balaban J connectivity index is 1.79. The van der Waals surface area contributed by atoms with E-state index in [0.29, 0.717) is 86.8 Å². The number of hydrogen-bond donors (Lipinski definition) is 0. The van der Waals surface area contributed by atoms with Gasteiger partial charge in [0.1, 0.15) is 17.4 Å². The third-order valence-corrected chi connectivity index (χ3v) is 7.84. The summed E-state index contributed by atoms with van der Waals surface area (Å²) in [6, 6.07) is 13.0. The van der Waals surface area contributed by atoms with Crippen molar-refractivity contribution in [1.82, 2.24) is 19.6 Å². The van der Waals surface area contributed by atoms with Crippen molar-refractivity contribution in [1.29, 1.82) is 0 Å². The number of likely N-dealkylation sites (N-methyl/N-ethyl adjacent to an activating group) is 2. The van der Waals surface area contributed by atoms with E-state index >= 15 is 0 Å². The third-order valence-electron chi connectivity index (χ3n) is 7.61. The average Bonchev–Trinajstić information content (AvgIpc) is 2.99. The van der Waals surface area contributed by atoms with E-state index in [1.165, 1.54) is 4.90 Å². The molecule has 0 radical (unpaired) electrons. The molecular formula is C34H47ClN4O6. The van der Waals surface area contributed by atoms with E-state index in [9.17, 15) is 19.2 Å². The summed E-state index contributed by atoms with van der Waals surface area (Å²) in [5.41, 5.74) is 0.220. The van der Waals surface area contributed by atoms with Crippen molar-refractivity contribution >= 4 is 35.4 Å². The summed E-state index contributed by atoms with van der Waals surface area (Å²) in [6.07, 6.45) is 2.37. The van der Waals surface area contributed by atoms with Crippen LogP contribution in [0.4, 0.5) is 4.79 Å². The van der Waals surface area contributed by atoms with Crippen LogP contribution >= 0.6 is 11.6 Å². The van der Waals surface area contributed by atoms with Crippen molar-refractivity contribution in [3.05, 3.63) is 64.7 Å². The number of amides is 4. The number of fused-ring (bicyclic) bond motifs is 1. The van der Waals surface area contributed by atoms with E-state index in [4.69, 9.17) is 21.1 Å². The first-order chi connectivity index (χ1) is 21.3. The van der Waals surface area contributed by atoms with Crippen molar-refractivity contribution in [2.45, 2.75) is 64.5 Å². The summed E-state index contributed by atoms with van der Waals surface area (Å²) in [6.45, 7) is 7.59. The van der Waals surface area contributed by atoms with E-state index < -0.39 is 11.6 Å². The molecule has 0 N–H and O–H groups in total. The lowest BCUT2D eigenvalue weighted by Gasteiger charge is -2.32. The fourth-order valence-corrected chi connectivity index (χ4v) is 5.31. The maximum absolute atomic E-state index is 13.8.